The van der Waals surface area contributed by atoms with E-state index in [1.807, 2.05) is 0 Å². The van der Waals surface area contributed by atoms with E-state index in [2.05, 4.69) is 29.6 Å². The number of ether oxygens (including phenoxy) is 3. The van der Waals surface area contributed by atoms with Crippen molar-refractivity contribution in [3.8, 4) is 17.5 Å². The number of aromatic nitrogens is 6. The molecule has 0 radical (unpaired) electrons. The number of benzene rings is 2. The van der Waals surface area contributed by atoms with Gasteiger partial charge in [-0.1, -0.05) is 31.8 Å². The summed E-state index contributed by atoms with van der Waals surface area (Å²) in [7, 11) is 4.21. The number of rotatable bonds is 8. The summed E-state index contributed by atoms with van der Waals surface area (Å²) in [5.74, 6) is 0.0613. The normalized spacial score (nSPS) is 12.6. The fraction of sp³-hybridized carbons (Fsp3) is 0.405. The highest BCUT2D eigenvalue weighted by atomic mass is 28.3. The number of imidazole rings is 1. The van der Waals surface area contributed by atoms with Crippen molar-refractivity contribution in [2.75, 3.05) is 13.2 Å². The molecule has 22 heteroatoms. The number of aliphatic hydroxyl groups excluding tert-OH is 1. The Morgan fingerprint density at radius 2 is 1.27 bits per heavy atom. The topological polar surface area (TPSA) is 166 Å². The van der Waals surface area contributed by atoms with Gasteiger partial charge in [0.05, 0.1) is 23.1 Å². The van der Waals surface area contributed by atoms with E-state index in [0.717, 1.165) is 39.4 Å². The Hall–Kier alpha value is -5.74. The van der Waals surface area contributed by atoms with Gasteiger partial charge in [0.15, 0.2) is 11.2 Å². The first-order valence-corrected chi connectivity index (χ1v) is 21.5. The van der Waals surface area contributed by atoms with Crippen LogP contribution in [0.4, 0.5) is 32.2 Å². The summed E-state index contributed by atoms with van der Waals surface area (Å²) >= 11 is 0. The Kier molecular flexibility index (Phi) is 14.0. The molecule has 3 aromatic heterocycles. The highest BCUT2D eigenvalue weighted by Crippen LogP contribution is 2.34. The lowest BCUT2D eigenvalue weighted by Gasteiger charge is -2.16. The highest BCUT2D eigenvalue weighted by molar-refractivity contribution is 6.76. The number of aliphatic hydroxyl groups is 1. The largest absolute Gasteiger partial charge is 0.443 e. The Labute approximate surface area is 333 Å². The van der Waals surface area contributed by atoms with Crippen LogP contribution in [0.1, 0.15) is 23.6 Å². The van der Waals surface area contributed by atoms with Gasteiger partial charge in [-0.05, 0) is 49.4 Å². The number of aryl methyl sites for hydroxylation is 1. The van der Waals surface area contributed by atoms with E-state index < -0.39 is 54.1 Å². The number of hydrogen-bond donors (Lipinski definition) is 1. The molecular formula is C37H43F6N7O8Si. The number of fused-ring (bicyclic) bond motifs is 2. The summed E-state index contributed by atoms with van der Waals surface area (Å²) in [4.78, 5) is 57.3. The summed E-state index contributed by atoms with van der Waals surface area (Å²) in [5.41, 5.74) is -3.59. The predicted molar refractivity (Wildman–Crippen MR) is 208 cm³/mol. The Morgan fingerprint density at radius 1 is 0.763 bits per heavy atom. The van der Waals surface area contributed by atoms with Gasteiger partial charge in [0.25, 0.3) is 11.1 Å². The zero-order chi connectivity index (χ0) is 44.2. The molecule has 1 aliphatic rings. The maximum Gasteiger partial charge on any atom is 0.416 e. The van der Waals surface area contributed by atoms with Crippen LogP contribution in [0.25, 0.3) is 11.2 Å². The maximum absolute atomic E-state index is 13.1. The molecule has 0 fully saturated rings. The molecule has 1 aliphatic heterocycles. The lowest BCUT2D eigenvalue weighted by atomic mass is 10.2. The second kappa shape index (κ2) is 18.0. The average Bonchev–Trinajstić information content (AvgIpc) is 3.74. The Bertz CT molecular complexity index is 2600. The number of aliphatic imine (C=N–C) groups is 1. The van der Waals surface area contributed by atoms with Gasteiger partial charge in [-0.15, -0.1) is 0 Å². The van der Waals surface area contributed by atoms with Crippen LogP contribution in [0, 0.1) is 0 Å². The first kappa shape index (κ1) is 46.0. The van der Waals surface area contributed by atoms with E-state index in [1.54, 1.807) is 6.92 Å². The van der Waals surface area contributed by atoms with Gasteiger partial charge in [-0.2, -0.15) is 36.3 Å². The summed E-state index contributed by atoms with van der Waals surface area (Å²) in [6.07, 6.45) is -9.02. The summed E-state index contributed by atoms with van der Waals surface area (Å²) in [6, 6.07) is 9.41. The van der Waals surface area contributed by atoms with E-state index >= 15 is 0 Å². The molecule has 15 nitrogen and oxygen atoms in total. The summed E-state index contributed by atoms with van der Waals surface area (Å²) in [5, 5.41) is 7.57. The van der Waals surface area contributed by atoms with E-state index in [0.29, 0.717) is 6.61 Å². The van der Waals surface area contributed by atoms with Gasteiger partial charge in [0.2, 0.25) is 5.90 Å². The van der Waals surface area contributed by atoms with Crippen molar-refractivity contribution >= 4 is 31.0 Å². The Balaban J connectivity index is 0.000000253. The number of hydrogen-bond acceptors (Lipinski definition) is 10. The first-order chi connectivity index (χ1) is 27.4. The first-order valence-electron chi connectivity index (χ1n) is 17.8. The second-order valence-corrected chi connectivity index (χ2v) is 19.9. The molecule has 59 heavy (non-hydrogen) atoms. The SMILES string of the molecule is CCO.Cn1c(=O)c2c(nc(Oc3cccc(C(F)(F)F)c3)n2COCC[Si](C)(C)C)n(C)c1=O.Cn1c2c(c(=O)n(C)c1=O)CC(Oc1cccc(C(F)(F)F)c1)=N2. The lowest BCUT2D eigenvalue weighted by Crippen LogP contribution is -2.38. The quantitative estimate of drug-likeness (QED) is 0.124. The van der Waals surface area contributed by atoms with E-state index in [-0.39, 0.29) is 65.7 Å². The van der Waals surface area contributed by atoms with Gasteiger partial charge in [-0.3, -0.25) is 32.4 Å². The molecule has 0 atom stereocenters. The monoisotopic (exact) mass is 855 g/mol. The molecular weight excluding hydrogens is 813 g/mol. The third kappa shape index (κ3) is 10.9. The van der Waals surface area contributed by atoms with Crippen molar-refractivity contribution in [1.29, 1.82) is 0 Å². The van der Waals surface area contributed by atoms with Crippen LogP contribution in [0.3, 0.4) is 0 Å². The van der Waals surface area contributed by atoms with Crippen LogP contribution in [-0.4, -0.2) is 60.1 Å². The molecule has 0 amide bonds. The van der Waals surface area contributed by atoms with Crippen LogP contribution in [0.15, 0.2) is 72.7 Å². The molecule has 4 heterocycles. The zero-order valence-corrected chi connectivity index (χ0v) is 34.4. The van der Waals surface area contributed by atoms with Crippen LogP contribution in [-0.2, 0) is 58.4 Å². The van der Waals surface area contributed by atoms with Crippen molar-refractivity contribution in [3.63, 3.8) is 0 Å². The smallest absolute Gasteiger partial charge is 0.416 e. The fourth-order valence-electron chi connectivity index (χ4n) is 5.44. The van der Waals surface area contributed by atoms with Gasteiger partial charge in [0, 0.05) is 49.5 Å². The minimum Gasteiger partial charge on any atom is -0.443 e. The molecule has 0 aliphatic carbocycles. The van der Waals surface area contributed by atoms with Crippen LogP contribution >= 0.6 is 0 Å². The molecule has 320 valence electrons. The summed E-state index contributed by atoms with van der Waals surface area (Å²) in [6.45, 7) is 8.83. The predicted octanol–water partition coefficient (Wildman–Crippen LogP) is 5.32. The molecule has 0 bridgehead atoms. The minimum atomic E-state index is -4.54. The van der Waals surface area contributed by atoms with Crippen LogP contribution < -0.4 is 32.0 Å². The van der Waals surface area contributed by atoms with Crippen LogP contribution in [0.5, 0.6) is 17.5 Å². The van der Waals surface area contributed by atoms with Crippen molar-refractivity contribution in [3.05, 3.63) is 107 Å². The standard InChI is InChI=1S/C20H25F3N4O4Si.C15H12F3N3O3.C2H6O/c1-25-16-15(17(28)26(2)19(25)29)27(12-30-9-10-32(3,4)5)18(24-16)31-14-8-6-7-13(11-14)20(21,22)23;1-20-12-10(13(22)21(2)14(20)23)7-11(19-12)24-9-5-3-4-8(6-9)15(16,17)18;1-2-3/h6-8,11H,9-10,12H2,1-5H3;3-6H,7H2,1-2H3;3H,2H2,1H3. The van der Waals surface area contributed by atoms with Gasteiger partial charge < -0.3 is 19.3 Å². The van der Waals surface area contributed by atoms with E-state index in [1.165, 1.54) is 66.2 Å². The highest BCUT2D eigenvalue weighted by Gasteiger charge is 2.32. The van der Waals surface area contributed by atoms with Crippen LogP contribution in [0.2, 0.25) is 25.7 Å². The van der Waals surface area contributed by atoms with Crippen molar-refractivity contribution in [2.24, 2.45) is 33.2 Å². The second-order valence-electron chi connectivity index (χ2n) is 14.3. The third-order valence-electron chi connectivity index (χ3n) is 8.58. The molecule has 0 unspecified atom stereocenters. The molecule has 0 spiro atoms. The zero-order valence-electron chi connectivity index (χ0n) is 33.4. The maximum atomic E-state index is 13.1. The van der Waals surface area contributed by atoms with Crippen molar-refractivity contribution in [1.82, 2.24) is 27.8 Å². The Morgan fingerprint density at radius 3 is 1.80 bits per heavy atom. The number of nitrogens with zero attached hydrogens (tertiary/aromatic N) is 7. The molecule has 2 aromatic carbocycles. The van der Waals surface area contributed by atoms with Crippen molar-refractivity contribution < 1.29 is 45.7 Å². The molecule has 5 aromatic rings. The number of halogens is 6. The minimum absolute atomic E-state index is 0.00632. The third-order valence-corrected chi connectivity index (χ3v) is 10.3. The molecule has 0 saturated carbocycles. The molecule has 0 saturated heterocycles. The van der Waals surface area contributed by atoms with E-state index in [9.17, 15) is 45.5 Å². The molecule has 6 rings (SSSR count). The lowest BCUT2D eigenvalue weighted by molar-refractivity contribution is -0.138. The van der Waals surface area contributed by atoms with Gasteiger partial charge >= 0.3 is 29.7 Å². The molecule has 1 N–H and O–H groups in total. The number of alkyl halides is 6. The van der Waals surface area contributed by atoms with Crippen molar-refractivity contribution in [2.45, 2.75) is 58.1 Å². The summed E-state index contributed by atoms with van der Waals surface area (Å²) < 4.78 is 99.7. The van der Waals surface area contributed by atoms with Gasteiger partial charge in [-0.25, -0.2) is 9.59 Å². The van der Waals surface area contributed by atoms with E-state index in [4.69, 9.17) is 19.3 Å². The average molecular weight is 856 g/mol. The fourth-order valence-corrected chi connectivity index (χ4v) is 6.20. The van der Waals surface area contributed by atoms with Gasteiger partial charge in [0.1, 0.15) is 24.0 Å².